The van der Waals surface area contributed by atoms with Crippen LogP contribution in [-0.4, -0.2) is 56.1 Å². The van der Waals surface area contributed by atoms with E-state index in [1.165, 1.54) is 12.8 Å². The average Bonchev–Trinajstić information content (AvgIpc) is 3.34. The van der Waals surface area contributed by atoms with Crippen molar-refractivity contribution in [1.82, 2.24) is 9.80 Å². The van der Waals surface area contributed by atoms with E-state index in [9.17, 15) is 0 Å². The van der Waals surface area contributed by atoms with Crippen LogP contribution in [0.5, 0.6) is 5.75 Å². The van der Waals surface area contributed by atoms with Crippen LogP contribution < -0.4 is 10.5 Å². The van der Waals surface area contributed by atoms with Gasteiger partial charge in [0, 0.05) is 19.6 Å². The van der Waals surface area contributed by atoms with E-state index in [2.05, 4.69) is 41.0 Å². The fraction of sp³-hybridized carbons (Fsp3) is 0.588. The van der Waals surface area contributed by atoms with Gasteiger partial charge >= 0.3 is 0 Å². The highest BCUT2D eigenvalue weighted by Gasteiger charge is 2.27. The van der Waals surface area contributed by atoms with Crippen molar-refractivity contribution in [2.75, 3.05) is 34.3 Å². The zero-order valence-electron chi connectivity index (χ0n) is 14.0. The lowest BCUT2D eigenvalue weighted by molar-refractivity contribution is 0.281. The van der Waals surface area contributed by atoms with Crippen LogP contribution in [0.15, 0.2) is 29.3 Å². The molecule has 0 amide bonds. The Bertz CT molecular complexity index is 480. The number of guanidine groups is 1. The molecule has 1 aromatic rings. The van der Waals surface area contributed by atoms with Gasteiger partial charge in [-0.2, -0.15) is 0 Å². The highest BCUT2D eigenvalue weighted by Crippen LogP contribution is 2.25. The summed E-state index contributed by atoms with van der Waals surface area (Å²) in [6.45, 7) is 2.40. The van der Waals surface area contributed by atoms with E-state index in [0.717, 1.165) is 30.9 Å². The summed E-state index contributed by atoms with van der Waals surface area (Å²) in [5, 5.41) is 0. The van der Waals surface area contributed by atoms with Gasteiger partial charge < -0.3 is 20.3 Å². The average molecular weight is 304 g/mol. The van der Waals surface area contributed by atoms with Crippen LogP contribution >= 0.6 is 0 Å². The van der Waals surface area contributed by atoms with Crippen LogP contribution in [0.25, 0.3) is 0 Å². The van der Waals surface area contributed by atoms with Gasteiger partial charge in [0.05, 0.1) is 13.2 Å². The first-order valence-electron chi connectivity index (χ1n) is 7.95. The molecule has 0 spiro atoms. The van der Waals surface area contributed by atoms with Gasteiger partial charge in [0.2, 0.25) is 0 Å². The number of hydrogen-bond acceptors (Lipinski definition) is 3. The van der Waals surface area contributed by atoms with Crippen molar-refractivity contribution in [2.45, 2.75) is 31.8 Å². The molecule has 5 heteroatoms. The first kappa shape index (κ1) is 16.6. The molecule has 0 bridgehead atoms. The van der Waals surface area contributed by atoms with Crippen LogP contribution in [0.4, 0.5) is 0 Å². The highest BCUT2D eigenvalue weighted by molar-refractivity contribution is 5.78. The smallest absolute Gasteiger partial charge is 0.191 e. The Balaban J connectivity index is 1.75. The third kappa shape index (κ3) is 5.56. The summed E-state index contributed by atoms with van der Waals surface area (Å²) in [6.07, 6.45) is 3.49. The number of hydrogen-bond donors (Lipinski definition) is 1. The summed E-state index contributed by atoms with van der Waals surface area (Å²) in [5.41, 5.74) is 7.13. The molecule has 1 aromatic carbocycles. The fourth-order valence-corrected chi connectivity index (χ4v) is 2.19. The molecule has 0 saturated heterocycles. The second-order valence-electron chi connectivity index (χ2n) is 6.17. The van der Waals surface area contributed by atoms with Crippen molar-refractivity contribution in [1.29, 1.82) is 0 Å². The Morgan fingerprint density at radius 1 is 1.23 bits per heavy atom. The predicted octanol–water partition coefficient (Wildman–Crippen LogP) is 1.93. The van der Waals surface area contributed by atoms with E-state index < -0.39 is 0 Å². The van der Waals surface area contributed by atoms with E-state index in [0.29, 0.717) is 18.5 Å². The fourth-order valence-electron chi connectivity index (χ4n) is 2.19. The number of ether oxygens (including phenoxy) is 1. The van der Waals surface area contributed by atoms with Crippen molar-refractivity contribution < 1.29 is 4.74 Å². The molecular formula is C17H28N4O. The van der Waals surface area contributed by atoms with Crippen LogP contribution in [0.2, 0.25) is 0 Å². The van der Waals surface area contributed by atoms with Crippen LogP contribution in [0.3, 0.4) is 0 Å². The van der Waals surface area contributed by atoms with Crippen molar-refractivity contribution in [3.8, 4) is 5.75 Å². The molecule has 0 heterocycles. The molecule has 1 saturated carbocycles. The second-order valence-corrected chi connectivity index (χ2v) is 6.17. The van der Waals surface area contributed by atoms with Crippen molar-refractivity contribution in [2.24, 2.45) is 10.7 Å². The normalized spacial score (nSPS) is 15.2. The molecule has 0 aliphatic heterocycles. The number of aliphatic imine (C=N–C) groups is 1. The van der Waals surface area contributed by atoms with Crippen LogP contribution in [-0.2, 0) is 6.54 Å². The molecule has 122 valence electrons. The van der Waals surface area contributed by atoms with Gasteiger partial charge in [-0.15, -0.1) is 0 Å². The van der Waals surface area contributed by atoms with Crippen molar-refractivity contribution in [3.05, 3.63) is 29.8 Å². The van der Waals surface area contributed by atoms with E-state index in [-0.39, 0.29) is 0 Å². The summed E-state index contributed by atoms with van der Waals surface area (Å²) in [6, 6.07) is 8.70. The Morgan fingerprint density at radius 2 is 1.91 bits per heavy atom. The summed E-state index contributed by atoms with van der Waals surface area (Å²) in [4.78, 5) is 8.69. The van der Waals surface area contributed by atoms with Gasteiger partial charge in [-0.3, -0.25) is 0 Å². The van der Waals surface area contributed by atoms with E-state index in [1.54, 1.807) is 0 Å². The molecule has 1 aliphatic rings. The summed E-state index contributed by atoms with van der Waals surface area (Å²) < 4.78 is 5.72. The molecule has 2 N–H and O–H groups in total. The molecule has 0 radical (unpaired) electrons. The second kappa shape index (κ2) is 8.03. The van der Waals surface area contributed by atoms with Gasteiger partial charge in [0.25, 0.3) is 0 Å². The van der Waals surface area contributed by atoms with Crippen LogP contribution in [0, 0.1) is 0 Å². The topological polar surface area (TPSA) is 54.1 Å². The first-order valence-corrected chi connectivity index (χ1v) is 7.95. The van der Waals surface area contributed by atoms with Gasteiger partial charge in [-0.05, 0) is 51.1 Å². The van der Waals surface area contributed by atoms with Gasteiger partial charge in [-0.1, -0.05) is 12.1 Å². The molecule has 0 aromatic heterocycles. The standard InChI is InChI=1S/C17H28N4O/c1-20(2)11-4-12-22-16-9-5-14(6-10-16)13-19-17(18)21(3)15-7-8-15/h5-6,9-10,15H,4,7-8,11-13H2,1-3H3,(H2,18,19). The molecule has 0 atom stereocenters. The minimum atomic E-state index is 0.599. The molecule has 1 fully saturated rings. The Hall–Kier alpha value is -1.75. The number of benzene rings is 1. The van der Waals surface area contributed by atoms with E-state index >= 15 is 0 Å². The Labute approximate surface area is 133 Å². The maximum atomic E-state index is 5.99. The minimum absolute atomic E-state index is 0.599. The highest BCUT2D eigenvalue weighted by atomic mass is 16.5. The Morgan fingerprint density at radius 3 is 2.50 bits per heavy atom. The zero-order chi connectivity index (χ0) is 15.9. The lowest BCUT2D eigenvalue weighted by Gasteiger charge is -2.16. The first-order chi connectivity index (χ1) is 10.6. The quantitative estimate of drug-likeness (QED) is 0.453. The van der Waals surface area contributed by atoms with E-state index in [4.69, 9.17) is 10.5 Å². The van der Waals surface area contributed by atoms with E-state index in [1.807, 2.05) is 19.2 Å². The van der Waals surface area contributed by atoms with Crippen molar-refractivity contribution >= 4 is 5.96 Å². The van der Waals surface area contributed by atoms with Gasteiger partial charge in [0.15, 0.2) is 5.96 Å². The van der Waals surface area contributed by atoms with Crippen LogP contribution in [0.1, 0.15) is 24.8 Å². The molecule has 0 unspecified atom stereocenters. The minimum Gasteiger partial charge on any atom is -0.494 e. The summed E-state index contributed by atoms with van der Waals surface area (Å²) in [7, 11) is 6.16. The Kier molecular flexibility index (Phi) is 6.07. The monoisotopic (exact) mass is 304 g/mol. The molecule has 2 rings (SSSR count). The summed E-state index contributed by atoms with van der Waals surface area (Å²) >= 11 is 0. The summed E-state index contributed by atoms with van der Waals surface area (Å²) in [5.74, 6) is 1.54. The number of rotatable bonds is 8. The maximum Gasteiger partial charge on any atom is 0.191 e. The lowest BCUT2D eigenvalue weighted by Crippen LogP contribution is -2.35. The number of nitrogens with zero attached hydrogens (tertiary/aromatic N) is 3. The lowest BCUT2D eigenvalue weighted by atomic mass is 10.2. The largest absolute Gasteiger partial charge is 0.494 e. The third-order valence-corrected chi connectivity index (χ3v) is 3.82. The third-order valence-electron chi connectivity index (χ3n) is 3.82. The predicted molar refractivity (Wildman–Crippen MR) is 91.2 cm³/mol. The molecule has 22 heavy (non-hydrogen) atoms. The SMILES string of the molecule is CN(C)CCCOc1ccc(CN=C(N)N(C)C2CC2)cc1. The number of nitrogens with two attached hydrogens (primary N) is 1. The molecule has 1 aliphatic carbocycles. The van der Waals surface area contributed by atoms with Gasteiger partial charge in [0.1, 0.15) is 5.75 Å². The maximum absolute atomic E-state index is 5.99. The van der Waals surface area contributed by atoms with Gasteiger partial charge in [-0.25, -0.2) is 4.99 Å². The molecular weight excluding hydrogens is 276 g/mol. The molecule has 5 nitrogen and oxygen atoms in total. The zero-order valence-corrected chi connectivity index (χ0v) is 14.0. The van der Waals surface area contributed by atoms with Crippen molar-refractivity contribution in [3.63, 3.8) is 0 Å².